The Morgan fingerprint density at radius 1 is 1.00 bits per heavy atom. The van der Waals surface area contributed by atoms with Gasteiger partial charge in [-0.15, -0.1) is 0 Å². The van der Waals surface area contributed by atoms with Crippen LogP contribution in [0.4, 0.5) is 0 Å². The van der Waals surface area contributed by atoms with E-state index < -0.39 is 5.97 Å². The minimum absolute atomic E-state index is 0.0456. The van der Waals surface area contributed by atoms with E-state index in [0.29, 0.717) is 23.5 Å². The zero-order valence-corrected chi connectivity index (χ0v) is 17.8. The summed E-state index contributed by atoms with van der Waals surface area (Å²) in [5.41, 5.74) is 2.59. The number of ether oxygens (including phenoxy) is 3. The molecule has 0 aliphatic rings. The summed E-state index contributed by atoms with van der Waals surface area (Å²) in [4.78, 5) is 24.0. The Balaban J connectivity index is 1.87. The molecule has 0 unspecified atom stereocenters. The molecule has 0 fully saturated rings. The molecule has 0 spiro atoms. The van der Waals surface area contributed by atoms with Crippen molar-refractivity contribution in [1.82, 2.24) is 0 Å². The first-order valence-electron chi connectivity index (χ1n) is 9.26. The molecule has 6 nitrogen and oxygen atoms in total. The third kappa shape index (κ3) is 5.17. The van der Waals surface area contributed by atoms with Gasteiger partial charge in [0.25, 0.3) is 0 Å². The van der Waals surface area contributed by atoms with Crippen molar-refractivity contribution in [2.24, 2.45) is 0 Å². The molecule has 0 aliphatic carbocycles. The van der Waals surface area contributed by atoms with Crippen molar-refractivity contribution in [2.45, 2.75) is 26.9 Å². The topological polar surface area (TPSA) is 75.0 Å². The van der Waals surface area contributed by atoms with Gasteiger partial charge in [0.1, 0.15) is 17.9 Å². The molecule has 0 N–H and O–H groups in total. The predicted octanol–water partition coefficient (Wildman–Crippen LogP) is 5.06. The number of halogens is 1. The molecule has 2 aromatic carbocycles. The fraction of sp³-hybridized carbons (Fsp3) is 0.273. The van der Waals surface area contributed by atoms with Crippen LogP contribution in [-0.4, -0.2) is 25.2 Å². The van der Waals surface area contributed by atoms with Crippen molar-refractivity contribution in [3.63, 3.8) is 0 Å². The molecule has 0 amide bonds. The summed E-state index contributed by atoms with van der Waals surface area (Å²) in [6.45, 7) is 4.28. The van der Waals surface area contributed by atoms with Gasteiger partial charge in [0, 0.05) is 21.0 Å². The molecule has 0 radical (unpaired) electrons. The van der Waals surface area contributed by atoms with Crippen LogP contribution in [0, 0.1) is 0 Å². The number of benzene rings is 2. The number of hydrogen-bond donors (Lipinski definition) is 0. The highest BCUT2D eigenvalue weighted by molar-refractivity contribution is 9.10. The highest BCUT2D eigenvalue weighted by Gasteiger charge is 2.16. The zero-order chi connectivity index (χ0) is 20.8. The molecule has 152 valence electrons. The predicted molar refractivity (Wildman–Crippen MR) is 111 cm³/mol. The Labute approximate surface area is 176 Å². The fourth-order valence-corrected chi connectivity index (χ4v) is 3.23. The van der Waals surface area contributed by atoms with Gasteiger partial charge in [-0.1, -0.05) is 22.0 Å². The summed E-state index contributed by atoms with van der Waals surface area (Å²) < 4.78 is 22.6. The van der Waals surface area contributed by atoms with Crippen molar-refractivity contribution in [3.8, 4) is 5.75 Å². The van der Waals surface area contributed by atoms with Gasteiger partial charge in [-0.25, -0.2) is 4.79 Å². The van der Waals surface area contributed by atoms with Gasteiger partial charge in [0.15, 0.2) is 0 Å². The molecule has 1 aromatic heterocycles. The second-order valence-electron chi connectivity index (χ2n) is 6.21. The lowest BCUT2D eigenvalue weighted by Crippen LogP contribution is -2.11. The Bertz CT molecular complexity index is 1020. The molecule has 3 rings (SSSR count). The molecule has 3 aromatic rings. The number of esters is 2. The van der Waals surface area contributed by atoms with Gasteiger partial charge in [-0.3, -0.25) is 4.79 Å². The SMILES string of the molecule is CCOC(=O)Cc1ccc(C(=O)OCC)cc1OCc1coc2ccc(Br)cc12. The van der Waals surface area contributed by atoms with E-state index in [9.17, 15) is 9.59 Å². The van der Waals surface area contributed by atoms with Crippen molar-refractivity contribution in [2.75, 3.05) is 13.2 Å². The van der Waals surface area contributed by atoms with Gasteiger partial charge >= 0.3 is 11.9 Å². The summed E-state index contributed by atoms with van der Waals surface area (Å²) in [7, 11) is 0. The summed E-state index contributed by atoms with van der Waals surface area (Å²) in [5.74, 6) is -0.385. The molecule has 29 heavy (non-hydrogen) atoms. The Morgan fingerprint density at radius 3 is 2.55 bits per heavy atom. The van der Waals surface area contributed by atoms with Crippen LogP contribution in [0.2, 0.25) is 0 Å². The van der Waals surface area contributed by atoms with Crippen LogP contribution in [-0.2, 0) is 27.3 Å². The largest absolute Gasteiger partial charge is 0.488 e. The molecule has 0 bridgehead atoms. The van der Waals surface area contributed by atoms with Crippen LogP contribution < -0.4 is 4.74 Å². The molecule has 0 saturated heterocycles. The van der Waals surface area contributed by atoms with Crippen molar-refractivity contribution < 1.29 is 28.2 Å². The summed E-state index contributed by atoms with van der Waals surface area (Å²) in [6.07, 6.45) is 1.68. The molecule has 0 atom stereocenters. The first-order chi connectivity index (χ1) is 14.0. The van der Waals surface area contributed by atoms with Gasteiger partial charge in [0.05, 0.1) is 31.5 Å². The number of rotatable bonds is 8. The molecule has 0 aliphatic heterocycles. The van der Waals surface area contributed by atoms with E-state index in [2.05, 4.69) is 15.9 Å². The van der Waals surface area contributed by atoms with Gasteiger partial charge in [0.2, 0.25) is 0 Å². The van der Waals surface area contributed by atoms with E-state index in [4.69, 9.17) is 18.6 Å². The average Bonchev–Trinajstić information content (AvgIpc) is 3.09. The van der Waals surface area contributed by atoms with Gasteiger partial charge in [-0.2, -0.15) is 0 Å². The van der Waals surface area contributed by atoms with Crippen LogP contribution in [0.25, 0.3) is 11.0 Å². The van der Waals surface area contributed by atoms with Crippen LogP contribution in [0.15, 0.2) is 51.6 Å². The lowest BCUT2D eigenvalue weighted by molar-refractivity contribution is -0.142. The minimum Gasteiger partial charge on any atom is -0.488 e. The van der Waals surface area contributed by atoms with E-state index in [1.807, 2.05) is 18.2 Å². The number of fused-ring (bicyclic) bond motifs is 1. The van der Waals surface area contributed by atoms with E-state index in [-0.39, 0.29) is 25.6 Å². The van der Waals surface area contributed by atoms with Crippen LogP contribution in [0.1, 0.15) is 35.3 Å². The number of hydrogen-bond acceptors (Lipinski definition) is 6. The van der Waals surface area contributed by atoms with E-state index >= 15 is 0 Å². The van der Waals surface area contributed by atoms with Crippen molar-refractivity contribution in [1.29, 1.82) is 0 Å². The Hall–Kier alpha value is -2.80. The highest BCUT2D eigenvalue weighted by atomic mass is 79.9. The summed E-state index contributed by atoms with van der Waals surface area (Å²) in [5, 5.41) is 0.924. The minimum atomic E-state index is -0.447. The normalized spacial score (nSPS) is 10.7. The Morgan fingerprint density at radius 2 is 1.79 bits per heavy atom. The monoisotopic (exact) mass is 460 g/mol. The summed E-state index contributed by atoms with van der Waals surface area (Å²) >= 11 is 3.46. The quantitative estimate of drug-likeness (QED) is 0.437. The molecule has 1 heterocycles. The molecule has 7 heteroatoms. The highest BCUT2D eigenvalue weighted by Crippen LogP contribution is 2.28. The second kappa shape index (κ2) is 9.60. The average molecular weight is 461 g/mol. The Kier molecular flexibility index (Phi) is 6.93. The number of furan rings is 1. The zero-order valence-electron chi connectivity index (χ0n) is 16.2. The maximum Gasteiger partial charge on any atom is 0.338 e. The molecule has 0 saturated carbocycles. The van der Waals surface area contributed by atoms with Crippen molar-refractivity contribution >= 4 is 38.8 Å². The van der Waals surface area contributed by atoms with Gasteiger partial charge in [-0.05, 0) is 44.2 Å². The van der Waals surface area contributed by atoms with E-state index in [1.165, 1.54) is 0 Å². The first-order valence-corrected chi connectivity index (χ1v) is 10.0. The lowest BCUT2D eigenvalue weighted by Gasteiger charge is -2.13. The number of carbonyl (C=O) groups is 2. The van der Waals surface area contributed by atoms with Crippen LogP contribution in [0.3, 0.4) is 0 Å². The maximum atomic E-state index is 12.1. The van der Waals surface area contributed by atoms with E-state index in [0.717, 1.165) is 21.0 Å². The molecular weight excluding hydrogens is 440 g/mol. The third-order valence-corrected chi connectivity index (χ3v) is 4.71. The smallest absolute Gasteiger partial charge is 0.338 e. The standard InChI is InChI=1S/C22H21BrO6/c1-3-26-21(24)10-14-5-6-15(22(25)27-4-2)9-20(14)29-13-16-12-28-19-8-7-17(23)11-18(16)19/h5-9,11-12H,3-4,10,13H2,1-2H3. The second-order valence-corrected chi connectivity index (χ2v) is 7.13. The van der Waals surface area contributed by atoms with Gasteiger partial charge < -0.3 is 18.6 Å². The lowest BCUT2D eigenvalue weighted by atomic mass is 10.1. The number of carbonyl (C=O) groups excluding carboxylic acids is 2. The molecular formula is C22H21BrO6. The fourth-order valence-electron chi connectivity index (χ4n) is 2.87. The third-order valence-electron chi connectivity index (χ3n) is 4.22. The van der Waals surface area contributed by atoms with Crippen molar-refractivity contribution in [3.05, 3.63) is 63.8 Å². The van der Waals surface area contributed by atoms with E-state index in [1.54, 1.807) is 38.3 Å². The van der Waals surface area contributed by atoms with Crippen LogP contribution >= 0.6 is 15.9 Å². The maximum absolute atomic E-state index is 12.1. The summed E-state index contributed by atoms with van der Waals surface area (Å²) in [6, 6.07) is 10.6. The van der Waals surface area contributed by atoms with Crippen LogP contribution in [0.5, 0.6) is 5.75 Å². The first kappa shape index (κ1) is 20.9.